The molecule has 5 heteroatoms. The third kappa shape index (κ3) is 3.42. The van der Waals surface area contributed by atoms with Crippen LogP contribution in [0.25, 0.3) is 11.0 Å². The summed E-state index contributed by atoms with van der Waals surface area (Å²) in [4.78, 5) is 32.8. The Labute approximate surface area is 123 Å². The fraction of sp³-hybridized carbons (Fsp3) is 0.375. The Morgan fingerprint density at radius 1 is 1.14 bits per heavy atom. The molecule has 1 atom stereocenters. The molecule has 0 radical (unpaired) electrons. The largest absolute Gasteiger partial charge is 0.465 e. The number of rotatable bonds is 6. The van der Waals surface area contributed by atoms with E-state index in [1.165, 1.54) is 0 Å². The Balaban J connectivity index is 2.31. The second-order valence-electron chi connectivity index (χ2n) is 4.72. The average Bonchev–Trinajstić information content (AvgIpc) is 2.51. The Bertz CT molecular complexity index is 655. The summed E-state index contributed by atoms with van der Waals surface area (Å²) in [6, 6.07) is 5.09. The van der Waals surface area contributed by atoms with Crippen LogP contribution in [-0.2, 0) is 9.53 Å². The number of aromatic nitrogens is 2. The maximum absolute atomic E-state index is 12.5. The first kappa shape index (κ1) is 15.1. The Morgan fingerprint density at radius 2 is 1.86 bits per heavy atom. The molecular weight excluding hydrogens is 268 g/mol. The highest BCUT2D eigenvalue weighted by atomic mass is 16.5. The van der Waals surface area contributed by atoms with Crippen LogP contribution in [0, 0.1) is 5.92 Å². The van der Waals surface area contributed by atoms with Gasteiger partial charge >= 0.3 is 5.97 Å². The molecule has 0 bridgehead atoms. The molecule has 1 heterocycles. The van der Waals surface area contributed by atoms with Crippen molar-refractivity contribution in [3.8, 4) is 0 Å². The zero-order valence-corrected chi connectivity index (χ0v) is 12.2. The molecule has 0 N–H and O–H groups in total. The van der Waals surface area contributed by atoms with E-state index in [9.17, 15) is 9.59 Å². The predicted molar refractivity (Wildman–Crippen MR) is 78.9 cm³/mol. The van der Waals surface area contributed by atoms with Gasteiger partial charge < -0.3 is 4.74 Å². The Kier molecular flexibility index (Phi) is 4.98. The Morgan fingerprint density at radius 3 is 2.52 bits per heavy atom. The number of fused-ring (bicyclic) bond motifs is 1. The van der Waals surface area contributed by atoms with Crippen LogP contribution in [0.1, 0.15) is 37.0 Å². The minimum absolute atomic E-state index is 0.220. The van der Waals surface area contributed by atoms with Crippen molar-refractivity contribution < 1.29 is 14.3 Å². The molecule has 0 amide bonds. The topological polar surface area (TPSA) is 69.2 Å². The summed E-state index contributed by atoms with van der Waals surface area (Å²) in [7, 11) is 0. The number of Topliss-reactive ketones (excluding diaryl/α,β-unsaturated/α-hetero) is 1. The van der Waals surface area contributed by atoms with Crippen LogP contribution in [0.3, 0.4) is 0 Å². The summed E-state index contributed by atoms with van der Waals surface area (Å²) >= 11 is 0. The molecular formula is C16H18N2O3. The first-order valence-electron chi connectivity index (χ1n) is 7.09. The van der Waals surface area contributed by atoms with Gasteiger partial charge in [0.2, 0.25) is 0 Å². The SMILES string of the molecule is CCCC(C(=O)OCC)C(=O)c1ccc2nccnc2c1. The van der Waals surface area contributed by atoms with Gasteiger partial charge in [0.25, 0.3) is 0 Å². The lowest BCUT2D eigenvalue weighted by Gasteiger charge is -2.13. The zero-order valence-electron chi connectivity index (χ0n) is 12.2. The molecule has 2 aromatic rings. The van der Waals surface area contributed by atoms with Gasteiger partial charge in [-0.05, 0) is 31.5 Å². The third-order valence-electron chi connectivity index (χ3n) is 3.22. The van der Waals surface area contributed by atoms with Gasteiger partial charge in [0.05, 0.1) is 17.6 Å². The van der Waals surface area contributed by atoms with Crippen LogP contribution in [-0.4, -0.2) is 28.3 Å². The van der Waals surface area contributed by atoms with Gasteiger partial charge in [0.15, 0.2) is 5.78 Å². The van der Waals surface area contributed by atoms with Crippen molar-refractivity contribution in [2.24, 2.45) is 5.92 Å². The van der Waals surface area contributed by atoms with Gasteiger partial charge in [-0.25, -0.2) is 0 Å². The summed E-state index contributed by atoms with van der Waals surface area (Å²) in [6.45, 7) is 3.94. The van der Waals surface area contributed by atoms with Crippen LogP contribution in [0.5, 0.6) is 0 Å². The van der Waals surface area contributed by atoms with Gasteiger partial charge in [-0.3, -0.25) is 19.6 Å². The standard InChI is InChI=1S/C16H18N2O3/c1-3-5-12(16(20)21-4-2)15(19)11-6-7-13-14(10-11)18-9-8-17-13/h6-10,12H,3-5H2,1-2H3. The molecule has 5 nitrogen and oxygen atoms in total. The summed E-state index contributed by atoms with van der Waals surface area (Å²) in [5.41, 5.74) is 1.83. The van der Waals surface area contributed by atoms with E-state index < -0.39 is 11.9 Å². The molecule has 0 aliphatic carbocycles. The van der Waals surface area contributed by atoms with E-state index in [1.54, 1.807) is 37.5 Å². The highest BCUT2D eigenvalue weighted by Crippen LogP contribution is 2.19. The number of hydrogen-bond acceptors (Lipinski definition) is 5. The number of hydrogen-bond donors (Lipinski definition) is 0. The van der Waals surface area contributed by atoms with Gasteiger partial charge in [-0.1, -0.05) is 13.3 Å². The fourth-order valence-corrected chi connectivity index (χ4v) is 2.21. The van der Waals surface area contributed by atoms with Crippen LogP contribution >= 0.6 is 0 Å². The van der Waals surface area contributed by atoms with Crippen LogP contribution in [0.15, 0.2) is 30.6 Å². The summed E-state index contributed by atoms with van der Waals surface area (Å²) in [5, 5.41) is 0. The maximum Gasteiger partial charge on any atom is 0.316 e. The number of nitrogens with zero attached hydrogens (tertiary/aromatic N) is 2. The predicted octanol–water partition coefficient (Wildman–Crippen LogP) is 2.79. The van der Waals surface area contributed by atoms with Crippen molar-refractivity contribution in [3.05, 3.63) is 36.2 Å². The first-order valence-corrected chi connectivity index (χ1v) is 7.09. The minimum atomic E-state index is -0.746. The van der Waals surface area contributed by atoms with Crippen LogP contribution in [0.2, 0.25) is 0 Å². The molecule has 21 heavy (non-hydrogen) atoms. The number of carbonyl (C=O) groups is 2. The quantitative estimate of drug-likeness (QED) is 0.464. The van der Waals surface area contributed by atoms with E-state index >= 15 is 0 Å². The van der Waals surface area contributed by atoms with E-state index in [-0.39, 0.29) is 12.4 Å². The molecule has 0 spiro atoms. The summed E-state index contributed by atoms with van der Waals surface area (Å²) < 4.78 is 5.00. The van der Waals surface area contributed by atoms with Crippen molar-refractivity contribution in [1.82, 2.24) is 9.97 Å². The number of benzene rings is 1. The molecule has 0 saturated heterocycles. The lowest BCUT2D eigenvalue weighted by Crippen LogP contribution is -2.26. The molecule has 0 fully saturated rings. The van der Waals surface area contributed by atoms with E-state index in [0.717, 1.165) is 11.9 Å². The lowest BCUT2D eigenvalue weighted by atomic mass is 9.93. The number of carbonyl (C=O) groups excluding carboxylic acids is 2. The molecule has 1 aromatic carbocycles. The minimum Gasteiger partial charge on any atom is -0.465 e. The van der Waals surface area contributed by atoms with Gasteiger partial charge in [-0.15, -0.1) is 0 Å². The second kappa shape index (κ2) is 6.92. The molecule has 0 saturated carbocycles. The summed E-state index contributed by atoms with van der Waals surface area (Å²) in [6.07, 6.45) is 4.40. The second-order valence-corrected chi connectivity index (χ2v) is 4.72. The average molecular weight is 286 g/mol. The van der Waals surface area contributed by atoms with E-state index in [4.69, 9.17) is 4.74 Å². The van der Waals surface area contributed by atoms with Gasteiger partial charge in [-0.2, -0.15) is 0 Å². The summed E-state index contributed by atoms with van der Waals surface area (Å²) in [5.74, 6) is -1.42. The van der Waals surface area contributed by atoms with E-state index in [2.05, 4.69) is 9.97 Å². The van der Waals surface area contributed by atoms with Gasteiger partial charge in [0, 0.05) is 18.0 Å². The highest BCUT2D eigenvalue weighted by molar-refractivity contribution is 6.09. The smallest absolute Gasteiger partial charge is 0.316 e. The van der Waals surface area contributed by atoms with Crippen molar-refractivity contribution in [2.45, 2.75) is 26.7 Å². The third-order valence-corrected chi connectivity index (χ3v) is 3.22. The van der Waals surface area contributed by atoms with E-state index in [0.29, 0.717) is 17.5 Å². The molecule has 1 aromatic heterocycles. The number of esters is 1. The van der Waals surface area contributed by atoms with Crippen LogP contribution in [0.4, 0.5) is 0 Å². The van der Waals surface area contributed by atoms with Crippen molar-refractivity contribution >= 4 is 22.8 Å². The first-order chi connectivity index (χ1) is 10.2. The van der Waals surface area contributed by atoms with Crippen LogP contribution < -0.4 is 0 Å². The Hall–Kier alpha value is -2.30. The van der Waals surface area contributed by atoms with Crippen molar-refractivity contribution in [2.75, 3.05) is 6.61 Å². The molecule has 2 rings (SSSR count). The number of ketones is 1. The zero-order chi connectivity index (χ0) is 15.2. The molecule has 0 aliphatic heterocycles. The van der Waals surface area contributed by atoms with Gasteiger partial charge in [0.1, 0.15) is 5.92 Å². The molecule has 0 aliphatic rings. The fourth-order valence-electron chi connectivity index (χ4n) is 2.21. The molecule has 110 valence electrons. The molecule has 1 unspecified atom stereocenters. The monoisotopic (exact) mass is 286 g/mol. The normalized spacial score (nSPS) is 12.1. The maximum atomic E-state index is 12.5. The highest BCUT2D eigenvalue weighted by Gasteiger charge is 2.28. The van der Waals surface area contributed by atoms with E-state index in [1.807, 2.05) is 6.92 Å². The number of ether oxygens (including phenoxy) is 1. The van der Waals surface area contributed by atoms with Crippen molar-refractivity contribution in [3.63, 3.8) is 0 Å². The van der Waals surface area contributed by atoms with Crippen molar-refractivity contribution in [1.29, 1.82) is 0 Å². The lowest BCUT2D eigenvalue weighted by molar-refractivity contribution is -0.146.